The van der Waals surface area contributed by atoms with Crippen LogP contribution in [-0.4, -0.2) is 26.4 Å². The van der Waals surface area contributed by atoms with Gasteiger partial charge in [-0.3, -0.25) is 9.36 Å². The summed E-state index contributed by atoms with van der Waals surface area (Å²) in [5, 5.41) is 9.35. The van der Waals surface area contributed by atoms with E-state index in [2.05, 4.69) is 36.8 Å². The molecule has 0 amide bonds. The number of nitrogens with zero attached hydrogens (tertiary/aromatic N) is 2. The van der Waals surface area contributed by atoms with Crippen LogP contribution in [-0.2, 0) is 4.79 Å². The quantitative estimate of drug-likeness (QED) is 0.809. The number of carbonyl (C=O) groups is 1. The summed E-state index contributed by atoms with van der Waals surface area (Å²) in [6.07, 6.45) is 3.45. The topological polar surface area (TPSA) is 55.1 Å². The van der Waals surface area contributed by atoms with Crippen LogP contribution in [0.2, 0.25) is 0 Å². The molecule has 0 saturated carbocycles. The zero-order valence-corrected chi connectivity index (χ0v) is 13.0. The van der Waals surface area contributed by atoms with Crippen LogP contribution < -0.4 is 0 Å². The molecule has 0 radical (unpaired) electrons. The number of carboxylic acids is 1. The van der Waals surface area contributed by atoms with Crippen molar-refractivity contribution >= 4 is 49.6 Å². The summed E-state index contributed by atoms with van der Waals surface area (Å²) >= 11 is 8.07. The standard InChI is InChI=1S/C11H8Br2N2O2S/c12-7-1-2-8(13)9(5-7)15-4-3-14-11(15)18-6-10(16)17/h1-5H,6H2,(H,16,17). The second kappa shape index (κ2) is 5.90. The lowest BCUT2D eigenvalue weighted by atomic mass is 10.3. The van der Waals surface area contributed by atoms with Gasteiger partial charge < -0.3 is 5.11 Å². The molecule has 94 valence electrons. The van der Waals surface area contributed by atoms with Crippen LogP contribution in [0.25, 0.3) is 5.69 Å². The molecule has 0 unspecified atom stereocenters. The summed E-state index contributed by atoms with van der Waals surface area (Å²) in [7, 11) is 0. The number of aliphatic carboxylic acids is 1. The van der Waals surface area contributed by atoms with Gasteiger partial charge >= 0.3 is 5.97 Å². The number of halogens is 2. The predicted octanol–water partition coefficient (Wildman–Crippen LogP) is 3.57. The van der Waals surface area contributed by atoms with Gasteiger partial charge in [0.2, 0.25) is 0 Å². The molecule has 0 aliphatic heterocycles. The molecule has 0 spiro atoms. The van der Waals surface area contributed by atoms with Crippen LogP contribution in [0.3, 0.4) is 0 Å². The van der Waals surface area contributed by atoms with Gasteiger partial charge in [-0.2, -0.15) is 0 Å². The van der Waals surface area contributed by atoms with Crippen molar-refractivity contribution in [2.24, 2.45) is 0 Å². The molecule has 0 aliphatic carbocycles. The number of hydrogen-bond donors (Lipinski definition) is 1. The summed E-state index contributed by atoms with van der Waals surface area (Å²) in [6, 6.07) is 5.79. The van der Waals surface area contributed by atoms with E-state index >= 15 is 0 Å². The third kappa shape index (κ3) is 3.15. The molecule has 1 N–H and O–H groups in total. The molecule has 18 heavy (non-hydrogen) atoms. The maximum Gasteiger partial charge on any atom is 0.313 e. The SMILES string of the molecule is O=C(O)CSc1nccn1-c1cc(Br)ccc1Br. The van der Waals surface area contributed by atoms with Crippen molar-refractivity contribution < 1.29 is 9.90 Å². The first-order chi connectivity index (χ1) is 8.58. The lowest BCUT2D eigenvalue weighted by molar-refractivity contribution is -0.133. The summed E-state index contributed by atoms with van der Waals surface area (Å²) in [5.41, 5.74) is 0.912. The zero-order valence-electron chi connectivity index (χ0n) is 9.01. The molecule has 0 fully saturated rings. The lowest BCUT2D eigenvalue weighted by Gasteiger charge is -2.09. The maximum absolute atomic E-state index is 10.6. The molecule has 1 aromatic heterocycles. The van der Waals surface area contributed by atoms with Gasteiger partial charge in [0.15, 0.2) is 5.16 Å². The second-order valence-electron chi connectivity index (χ2n) is 3.36. The first-order valence-corrected chi connectivity index (χ1v) is 7.48. The molecule has 1 heterocycles. The molecule has 2 rings (SSSR count). The fraction of sp³-hybridized carbons (Fsp3) is 0.0909. The lowest BCUT2D eigenvalue weighted by Crippen LogP contribution is -2.01. The fourth-order valence-electron chi connectivity index (χ4n) is 1.38. The first-order valence-electron chi connectivity index (χ1n) is 4.91. The van der Waals surface area contributed by atoms with E-state index in [9.17, 15) is 4.79 Å². The Labute approximate surface area is 125 Å². The van der Waals surface area contributed by atoms with Crippen LogP contribution in [0, 0.1) is 0 Å². The smallest absolute Gasteiger partial charge is 0.313 e. The molecule has 0 bridgehead atoms. The van der Waals surface area contributed by atoms with Gasteiger partial charge in [-0.05, 0) is 34.1 Å². The molecular formula is C11H8Br2N2O2S. The van der Waals surface area contributed by atoms with E-state index in [-0.39, 0.29) is 5.75 Å². The Bertz CT molecular complexity index is 586. The molecule has 1 aromatic carbocycles. The van der Waals surface area contributed by atoms with E-state index in [4.69, 9.17) is 5.11 Å². The van der Waals surface area contributed by atoms with Gasteiger partial charge in [0.05, 0.1) is 11.4 Å². The summed E-state index contributed by atoms with van der Waals surface area (Å²) in [6.45, 7) is 0. The minimum absolute atomic E-state index is 0.0113. The molecule has 0 atom stereocenters. The van der Waals surface area contributed by atoms with E-state index in [1.165, 1.54) is 11.8 Å². The third-order valence-corrected chi connectivity index (χ3v) is 4.21. The van der Waals surface area contributed by atoms with Crippen LogP contribution in [0.5, 0.6) is 0 Å². The summed E-state index contributed by atoms with van der Waals surface area (Å²) < 4.78 is 3.71. The van der Waals surface area contributed by atoms with Gasteiger partial charge in [-0.15, -0.1) is 0 Å². The van der Waals surface area contributed by atoms with Crippen LogP contribution in [0.15, 0.2) is 44.7 Å². The van der Waals surface area contributed by atoms with Gasteiger partial charge in [0, 0.05) is 21.3 Å². The number of thioether (sulfide) groups is 1. The highest BCUT2D eigenvalue weighted by atomic mass is 79.9. The van der Waals surface area contributed by atoms with E-state index in [0.717, 1.165) is 14.6 Å². The first kappa shape index (κ1) is 13.6. The van der Waals surface area contributed by atoms with E-state index < -0.39 is 5.97 Å². The van der Waals surface area contributed by atoms with E-state index in [1.54, 1.807) is 12.4 Å². The Morgan fingerprint density at radius 2 is 2.22 bits per heavy atom. The maximum atomic E-state index is 10.6. The van der Waals surface area contributed by atoms with Crippen molar-refractivity contribution in [3.05, 3.63) is 39.5 Å². The van der Waals surface area contributed by atoms with Crippen molar-refractivity contribution in [1.29, 1.82) is 0 Å². The molecule has 4 nitrogen and oxygen atoms in total. The minimum Gasteiger partial charge on any atom is -0.481 e. The Hall–Kier alpha value is -0.790. The normalized spacial score (nSPS) is 10.6. The van der Waals surface area contributed by atoms with Crippen LogP contribution >= 0.6 is 43.6 Å². The van der Waals surface area contributed by atoms with Crippen molar-refractivity contribution in [2.75, 3.05) is 5.75 Å². The molecule has 0 aliphatic rings. The highest BCUT2D eigenvalue weighted by Crippen LogP contribution is 2.28. The number of rotatable bonds is 4. The molecule has 7 heteroatoms. The third-order valence-electron chi connectivity index (χ3n) is 2.10. The highest BCUT2D eigenvalue weighted by molar-refractivity contribution is 9.11. The largest absolute Gasteiger partial charge is 0.481 e. The van der Waals surface area contributed by atoms with Crippen LogP contribution in [0.1, 0.15) is 0 Å². The average molecular weight is 392 g/mol. The Kier molecular flexibility index (Phi) is 4.47. The van der Waals surface area contributed by atoms with Crippen LogP contribution in [0.4, 0.5) is 0 Å². The number of hydrogen-bond acceptors (Lipinski definition) is 3. The number of benzene rings is 1. The van der Waals surface area contributed by atoms with E-state index in [1.807, 2.05) is 22.8 Å². The van der Waals surface area contributed by atoms with Gasteiger partial charge in [-0.25, -0.2) is 4.98 Å². The highest BCUT2D eigenvalue weighted by Gasteiger charge is 2.10. The average Bonchev–Trinajstić information content (AvgIpc) is 2.77. The molecule has 2 aromatic rings. The monoisotopic (exact) mass is 390 g/mol. The Morgan fingerprint density at radius 1 is 1.44 bits per heavy atom. The van der Waals surface area contributed by atoms with Crippen molar-refractivity contribution in [3.63, 3.8) is 0 Å². The van der Waals surface area contributed by atoms with E-state index in [0.29, 0.717) is 5.16 Å². The number of imidazole rings is 1. The van der Waals surface area contributed by atoms with Crippen molar-refractivity contribution in [2.45, 2.75) is 5.16 Å². The van der Waals surface area contributed by atoms with Crippen molar-refractivity contribution in [1.82, 2.24) is 9.55 Å². The van der Waals surface area contributed by atoms with Gasteiger partial charge in [0.25, 0.3) is 0 Å². The Balaban J connectivity index is 2.36. The predicted molar refractivity (Wildman–Crippen MR) is 77.3 cm³/mol. The van der Waals surface area contributed by atoms with Crippen molar-refractivity contribution in [3.8, 4) is 5.69 Å². The van der Waals surface area contributed by atoms with Gasteiger partial charge in [0.1, 0.15) is 0 Å². The number of aromatic nitrogens is 2. The fourth-order valence-corrected chi connectivity index (χ4v) is 2.85. The van der Waals surface area contributed by atoms with Gasteiger partial charge in [-0.1, -0.05) is 27.7 Å². The summed E-state index contributed by atoms with van der Waals surface area (Å²) in [5.74, 6) is -0.870. The summed E-state index contributed by atoms with van der Waals surface area (Å²) in [4.78, 5) is 14.8. The zero-order chi connectivity index (χ0) is 13.1. The Morgan fingerprint density at radius 3 is 2.94 bits per heavy atom. The number of carboxylic acid groups (broad SMARTS) is 1. The molecular weight excluding hydrogens is 384 g/mol. The second-order valence-corrected chi connectivity index (χ2v) is 6.07. The minimum atomic E-state index is -0.858. The molecule has 0 saturated heterocycles.